The Balaban J connectivity index is 4.98. The summed E-state index contributed by atoms with van der Waals surface area (Å²) in [6.45, 7) is 7.81. The van der Waals surface area contributed by atoms with Crippen molar-refractivity contribution in [3.63, 3.8) is 0 Å². The summed E-state index contributed by atoms with van der Waals surface area (Å²) in [4.78, 5) is 71.3. The first kappa shape index (κ1) is 39.8. The molecule has 0 saturated heterocycles. The Morgan fingerprint density at radius 2 is 0.907 bits per heavy atom. The summed E-state index contributed by atoms with van der Waals surface area (Å²) >= 11 is -4.53. The van der Waals surface area contributed by atoms with Gasteiger partial charge in [-0.05, 0) is 0 Å². The van der Waals surface area contributed by atoms with Gasteiger partial charge in [-0.1, -0.05) is 32.6 Å². The van der Waals surface area contributed by atoms with Crippen LogP contribution in [-0.2, 0) is 52.2 Å². The van der Waals surface area contributed by atoms with E-state index in [9.17, 15) is 28.8 Å². The number of rotatable bonds is 23. The average Bonchev–Trinajstić information content (AvgIpc) is 2.96. The van der Waals surface area contributed by atoms with Crippen LogP contribution in [0.2, 0.25) is 0 Å². The van der Waals surface area contributed by atoms with Gasteiger partial charge in [0.05, 0.1) is 0 Å². The van der Waals surface area contributed by atoms with Crippen molar-refractivity contribution in [1.82, 2.24) is 0 Å². The molecule has 0 aliphatic rings. The molecule has 0 aromatic heterocycles. The molecule has 0 fully saturated rings. The van der Waals surface area contributed by atoms with Crippen LogP contribution in [0.1, 0.15) is 91.9 Å². The molecule has 1 radical (unpaired) electrons. The molecule has 12 nitrogen and oxygen atoms in total. The van der Waals surface area contributed by atoms with Gasteiger partial charge >= 0.3 is 231 Å². The normalized spacial score (nSPS) is 11.9. The number of hydrogen-bond donors (Lipinski definition) is 0. The van der Waals surface area contributed by atoms with Crippen LogP contribution < -0.4 is 0 Å². The fourth-order valence-electron chi connectivity index (χ4n) is 3.63. The molecule has 1 unspecified atom stereocenters. The number of ether oxygens (including phenoxy) is 3. The quantitative estimate of drug-likeness (QED) is 0.0481. The Labute approximate surface area is 262 Å². The molecule has 0 aromatic rings. The molecular formula is C30H45O12Sn. The van der Waals surface area contributed by atoms with E-state index in [4.69, 9.17) is 14.0 Å². The molecule has 0 spiro atoms. The van der Waals surface area contributed by atoms with Crippen molar-refractivity contribution in [2.45, 2.75) is 91.9 Å². The third-order valence-electron chi connectivity index (χ3n) is 5.62. The van der Waals surface area contributed by atoms with Crippen LogP contribution in [0.4, 0.5) is 0 Å². The molecule has 0 saturated carbocycles. The average molecular weight is 716 g/mol. The SMILES string of the molecule is CCCCCCCCC(CCC)CCOC(=O)/C=C\C(=O)[O][Sn]([O]C(=O)/C=C\C(=O)OCC)[O]C(=O)/C=C\C(=O)OCC. The second-order valence-corrected chi connectivity index (χ2v) is 12.4. The molecule has 0 aliphatic carbocycles. The minimum atomic E-state index is -4.53. The van der Waals surface area contributed by atoms with Gasteiger partial charge in [-0.2, -0.15) is 0 Å². The van der Waals surface area contributed by atoms with E-state index in [1.807, 2.05) is 0 Å². The van der Waals surface area contributed by atoms with Gasteiger partial charge in [0, 0.05) is 0 Å². The van der Waals surface area contributed by atoms with Crippen LogP contribution in [0.3, 0.4) is 0 Å². The van der Waals surface area contributed by atoms with E-state index in [0.29, 0.717) is 18.1 Å². The predicted octanol–water partition coefficient (Wildman–Crippen LogP) is 4.50. The fraction of sp³-hybridized carbons (Fsp3) is 0.600. The molecule has 13 heteroatoms. The summed E-state index contributed by atoms with van der Waals surface area (Å²) in [7, 11) is 0. The number of esters is 3. The number of hydrogen-bond acceptors (Lipinski definition) is 12. The first-order chi connectivity index (χ1) is 20.6. The molecule has 0 aliphatic heterocycles. The maximum absolute atomic E-state index is 12.3. The van der Waals surface area contributed by atoms with Crippen LogP contribution in [0.15, 0.2) is 36.5 Å². The Bertz CT molecular complexity index is 915. The molecule has 43 heavy (non-hydrogen) atoms. The Morgan fingerprint density at radius 1 is 0.488 bits per heavy atom. The Hall–Kier alpha value is -3.16. The number of carbonyl (C=O) groups is 6. The number of carbonyl (C=O) groups excluding carboxylic acids is 6. The fourth-order valence-corrected chi connectivity index (χ4v) is 5.97. The molecule has 0 rings (SSSR count). The zero-order valence-corrected chi connectivity index (χ0v) is 28.5. The van der Waals surface area contributed by atoms with E-state index >= 15 is 0 Å². The molecular weight excluding hydrogens is 671 g/mol. The molecule has 241 valence electrons. The van der Waals surface area contributed by atoms with E-state index < -0.39 is 56.8 Å². The van der Waals surface area contributed by atoms with Crippen LogP contribution >= 0.6 is 0 Å². The monoisotopic (exact) mass is 717 g/mol. The minimum absolute atomic E-state index is 0.0779. The van der Waals surface area contributed by atoms with Crippen molar-refractivity contribution in [3.05, 3.63) is 36.5 Å². The Morgan fingerprint density at radius 3 is 1.35 bits per heavy atom. The summed E-state index contributed by atoms with van der Waals surface area (Å²) in [5.74, 6) is -5.34. The van der Waals surface area contributed by atoms with Gasteiger partial charge < -0.3 is 0 Å². The van der Waals surface area contributed by atoms with Crippen LogP contribution in [0.25, 0.3) is 0 Å². The first-order valence-corrected chi connectivity index (χ1v) is 18.2. The molecule has 0 amide bonds. The van der Waals surface area contributed by atoms with E-state index in [0.717, 1.165) is 56.4 Å². The van der Waals surface area contributed by atoms with Crippen molar-refractivity contribution in [2.24, 2.45) is 5.92 Å². The maximum atomic E-state index is 12.3. The molecule has 0 heterocycles. The molecule has 0 bridgehead atoms. The van der Waals surface area contributed by atoms with Crippen molar-refractivity contribution in [1.29, 1.82) is 0 Å². The zero-order chi connectivity index (χ0) is 32.3. The first-order valence-electron chi connectivity index (χ1n) is 14.7. The standard InChI is InChI=1S/C18H32O4.2C6H8O4.Sn/c1-3-5-6-7-8-9-11-16(10-4-2)14-15-22-18(21)13-12-17(19)20;2*1-2-10-6(9)4-3-5(7)8;/h12-13,16H,3-11,14-15H2,1-2H3,(H,19,20);2*3-4H,2H2,1H3,(H,7,8);/q;;;+3/p-3/b13-12-;2*4-3-;. The van der Waals surface area contributed by atoms with E-state index in [-0.39, 0.29) is 19.8 Å². The van der Waals surface area contributed by atoms with E-state index in [2.05, 4.69) is 23.3 Å². The van der Waals surface area contributed by atoms with Gasteiger partial charge in [0.1, 0.15) is 0 Å². The van der Waals surface area contributed by atoms with Crippen LogP contribution in [0.5, 0.6) is 0 Å². The summed E-state index contributed by atoms with van der Waals surface area (Å²) in [6, 6.07) is 0. The Kier molecular flexibility index (Phi) is 24.5. The van der Waals surface area contributed by atoms with E-state index in [1.54, 1.807) is 13.8 Å². The van der Waals surface area contributed by atoms with Crippen LogP contribution in [-0.4, -0.2) is 76.6 Å². The van der Waals surface area contributed by atoms with E-state index in [1.165, 1.54) is 32.1 Å². The van der Waals surface area contributed by atoms with Gasteiger partial charge in [-0.15, -0.1) is 0 Å². The predicted molar refractivity (Wildman–Crippen MR) is 157 cm³/mol. The van der Waals surface area contributed by atoms with Crippen molar-refractivity contribution in [2.75, 3.05) is 19.8 Å². The van der Waals surface area contributed by atoms with Gasteiger partial charge in [-0.25, -0.2) is 0 Å². The van der Waals surface area contributed by atoms with Gasteiger partial charge in [0.15, 0.2) is 0 Å². The summed E-state index contributed by atoms with van der Waals surface area (Å²) in [6.07, 6.45) is 15.8. The van der Waals surface area contributed by atoms with Crippen molar-refractivity contribution in [3.8, 4) is 0 Å². The second kappa shape index (κ2) is 26.5. The van der Waals surface area contributed by atoms with Gasteiger partial charge in [0.2, 0.25) is 0 Å². The summed E-state index contributed by atoms with van der Waals surface area (Å²) < 4.78 is 29.4. The summed E-state index contributed by atoms with van der Waals surface area (Å²) in [5.41, 5.74) is 0. The summed E-state index contributed by atoms with van der Waals surface area (Å²) in [5, 5.41) is 0. The zero-order valence-electron chi connectivity index (χ0n) is 25.6. The van der Waals surface area contributed by atoms with Crippen LogP contribution in [0, 0.1) is 5.92 Å². The second-order valence-electron chi connectivity index (χ2n) is 9.18. The molecule has 0 N–H and O–H groups in total. The van der Waals surface area contributed by atoms with Gasteiger partial charge in [0.25, 0.3) is 0 Å². The molecule has 1 atom stereocenters. The number of unbranched alkanes of at least 4 members (excludes halogenated alkanes) is 5. The topological polar surface area (TPSA) is 158 Å². The van der Waals surface area contributed by atoms with Crippen molar-refractivity contribution >= 4 is 56.8 Å². The van der Waals surface area contributed by atoms with Gasteiger partial charge in [-0.3, -0.25) is 0 Å². The van der Waals surface area contributed by atoms with Crippen molar-refractivity contribution < 1.29 is 52.2 Å². The third kappa shape index (κ3) is 24.0. The third-order valence-corrected chi connectivity index (χ3v) is 8.77. The molecule has 0 aromatic carbocycles.